The van der Waals surface area contributed by atoms with Crippen molar-refractivity contribution in [3.63, 3.8) is 0 Å². The highest BCUT2D eigenvalue weighted by Crippen LogP contribution is 2.21. The van der Waals surface area contributed by atoms with Crippen molar-refractivity contribution in [2.24, 2.45) is 0 Å². The van der Waals surface area contributed by atoms with Crippen molar-refractivity contribution in [3.8, 4) is 5.75 Å². The summed E-state index contributed by atoms with van der Waals surface area (Å²) < 4.78 is 0. The number of rotatable bonds is 2. The Hall–Kier alpha value is -1.51. The lowest BCUT2D eigenvalue weighted by molar-refractivity contribution is 0.467. The fourth-order valence-electron chi connectivity index (χ4n) is 1.52. The summed E-state index contributed by atoms with van der Waals surface area (Å²) in [6.45, 7) is 1.75. The molecule has 0 aliphatic carbocycles. The summed E-state index contributed by atoms with van der Waals surface area (Å²) in [5.41, 5.74) is 2.27. The van der Waals surface area contributed by atoms with Crippen molar-refractivity contribution in [2.45, 2.75) is 6.92 Å². The molecule has 0 saturated heterocycles. The molecule has 92 valence electrons. The zero-order valence-corrected chi connectivity index (χ0v) is 11.2. The molecule has 2 aromatic rings. The van der Waals surface area contributed by atoms with Crippen molar-refractivity contribution in [1.29, 1.82) is 0 Å². The minimum atomic E-state index is 0.193. The summed E-state index contributed by atoms with van der Waals surface area (Å²) in [6.07, 6.45) is 3.71. The van der Waals surface area contributed by atoms with Gasteiger partial charge >= 0.3 is 0 Å². The van der Waals surface area contributed by atoms with Crippen LogP contribution in [0, 0.1) is 6.92 Å². The Morgan fingerprint density at radius 2 is 1.72 bits per heavy atom. The molecule has 0 fully saturated rings. The standard InChI is InChI=1S/C14H11Cl2NO/c1-9-14(18)5-4-13(17-9)3-2-10-6-11(15)8-12(16)7-10/h2-8,18H,1H3. The summed E-state index contributed by atoms with van der Waals surface area (Å²) in [4.78, 5) is 4.23. The summed E-state index contributed by atoms with van der Waals surface area (Å²) in [7, 11) is 0. The Balaban J connectivity index is 2.27. The molecule has 1 heterocycles. The van der Waals surface area contributed by atoms with Crippen LogP contribution in [0.2, 0.25) is 10.0 Å². The van der Waals surface area contributed by atoms with Crippen LogP contribution in [0.25, 0.3) is 12.2 Å². The van der Waals surface area contributed by atoms with E-state index in [-0.39, 0.29) is 5.75 Å². The van der Waals surface area contributed by atoms with Gasteiger partial charge in [-0.2, -0.15) is 0 Å². The number of aromatic nitrogens is 1. The lowest BCUT2D eigenvalue weighted by Gasteiger charge is -2.00. The monoisotopic (exact) mass is 279 g/mol. The second kappa shape index (κ2) is 5.42. The molecule has 0 amide bonds. The van der Waals surface area contributed by atoms with E-state index in [2.05, 4.69) is 4.98 Å². The third-order valence-corrected chi connectivity index (χ3v) is 2.85. The van der Waals surface area contributed by atoms with E-state index in [1.54, 1.807) is 25.1 Å². The molecule has 2 nitrogen and oxygen atoms in total. The number of halogens is 2. The number of hydrogen-bond donors (Lipinski definition) is 1. The highest BCUT2D eigenvalue weighted by Gasteiger charge is 1.98. The summed E-state index contributed by atoms with van der Waals surface area (Å²) in [6, 6.07) is 8.68. The molecular weight excluding hydrogens is 269 g/mol. The van der Waals surface area contributed by atoms with Crippen LogP contribution >= 0.6 is 23.2 Å². The Morgan fingerprint density at radius 1 is 1.06 bits per heavy atom. The molecule has 1 aromatic heterocycles. The van der Waals surface area contributed by atoms with Gasteiger partial charge < -0.3 is 5.11 Å². The van der Waals surface area contributed by atoms with Crippen LogP contribution in [-0.2, 0) is 0 Å². The third kappa shape index (κ3) is 3.25. The van der Waals surface area contributed by atoms with E-state index >= 15 is 0 Å². The quantitative estimate of drug-likeness (QED) is 0.873. The van der Waals surface area contributed by atoms with Gasteiger partial charge in [0.05, 0.1) is 11.4 Å². The van der Waals surface area contributed by atoms with Gasteiger partial charge in [0.1, 0.15) is 5.75 Å². The second-order valence-electron chi connectivity index (χ2n) is 3.88. The first-order valence-electron chi connectivity index (χ1n) is 5.35. The van der Waals surface area contributed by atoms with Gasteiger partial charge in [0.25, 0.3) is 0 Å². The maximum atomic E-state index is 9.38. The minimum Gasteiger partial charge on any atom is -0.506 e. The third-order valence-electron chi connectivity index (χ3n) is 2.41. The first-order chi connectivity index (χ1) is 8.54. The number of aromatic hydroxyl groups is 1. The van der Waals surface area contributed by atoms with Gasteiger partial charge in [-0.15, -0.1) is 0 Å². The highest BCUT2D eigenvalue weighted by atomic mass is 35.5. The fourth-order valence-corrected chi connectivity index (χ4v) is 2.06. The molecule has 0 aliphatic heterocycles. The maximum absolute atomic E-state index is 9.38. The first-order valence-corrected chi connectivity index (χ1v) is 6.11. The van der Waals surface area contributed by atoms with E-state index in [4.69, 9.17) is 23.2 Å². The second-order valence-corrected chi connectivity index (χ2v) is 4.75. The topological polar surface area (TPSA) is 33.1 Å². The van der Waals surface area contributed by atoms with Crippen molar-refractivity contribution in [1.82, 2.24) is 4.98 Å². The van der Waals surface area contributed by atoms with Gasteiger partial charge in [-0.05, 0) is 48.9 Å². The van der Waals surface area contributed by atoms with Crippen molar-refractivity contribution < 1.29 is 5.11 Å². The van der Waals surface area contributed by atoms with Gasteiger partial charge in [0.15, 0.2) is 0 Å². The molecule has 1 N–H and O–H groups in total. The molecule has 0 unspecified atom stereocenters. The summed E-state index contributed by atoms with van der Waals surface area (Å²) in [5.74, 6) is 0.193. The molecule has 0 aliphatic rings. The predicted octanol–water partition coefficient (Wildman–Crippen LogP) is 4.57. The van der Waals surface area contributed by atoms with Gasteiger partial charge in [-0.25, -0.2) is 4.98 Å². The average molecular weight is 280 g/mol. The Bertz CT molecular complexity index is 588. The molecule has 2 rings (SSSR count). The summed E-state index contributed by atoms with van der Waals surface area (Å²) in [5, 5.41) is 10.6. The SMILES string of the molecule is Cc1nc(C=Cc2cc(Cl)cc(Cl)c2)ccc1O. The maximum Gasteiger partial charge on any atom is 0.136 e. The Labute approximate surface area is 116 Å². The smallest absolute Gasteiger partial charge is 0.136 e. The van der Waals surface area contributed by atoms with E-state index in [1.165, 1.54) is 0 Å². The zero-order valence-electron chi connectivity index (χ0n) is 9.69. The minimum absolute atomic E-state index is 0.193. The number of pyridine rings is 1. The van der Waals surface area contributed by atoms with Crippen LogP contribution in [0.3, 0.4) is 0 Å². The number of hydrogen-bond acceptors (Lipinski definition) is 2. The molecular formula is C14H11Cl2NO. The zero-order chi connectivity index (χ0) is 13.1. The predicted molar refractivity (Wildman–Crippen MR) is 76.0 cm³/mol. The molecule has 0 spiro atoms. The number of benzene rings is 1. The largest absolute Gasteiger partial charge is 0.506 e. The molecule has 0 saturated carbocycles. The van der Waals surface area contributed by atoms with Gasteiger partial charge in [-0.3, -0.25) is 0 Å². The van der Waals surface area contributed by atoms with Gasteiger partial charge in [0.2, 0.25) is 0 Å². The first kappa shape index (κ1) is 12.9. The lowest BCUT2D eigenvalue weighted by atomic mass is 10.2. The molecule has 0 radical (unpaired) electrons. The van der Waals surface area contributed by atoms with Crippen molar-refractivity contribution in [2.75, 3.05) is 0 Å². The van der Waals surface area contributed by atoms with Crippen LogP contribution in [0.4, 0.5) is 0 Å². The lowest BCUT2D eigenvalue weighted by Crippen LogP contribution is -1.85. The molecule has 4 heteroatoms. The molecule has 18 heavy (non-hydrogen) atoms. The molecule has 1 aromatic carbocycles. The molecule has 0 atom stereocenters. The van der Waals surface area contributed by atoms with Crippen molar-refractivity contribution >= 4 is 35.4 Å². The van der Waals surface area contributed by atoms with Crippen LogP contribution in [-0.4, -0.2) is 10.1 Å². The number of aryl methyl sites for hydroxylation is 1. The fraction of sp³-hybridized carbons (Fsp3) is 0.0714. The van der Waals surface area contributed by atoms with E-state index < -0.39 is 0 Å². The van der Waals surface area contributed by atoms with Gasteiger partial charge in [-0.1, -0.05) is 29.3 Å². The summed E-state index contributed by atoms with van der Waals surface area (Å²) >= 11 is 11.8. The van der Waals surface area contributed by atoms with E-state index in [0.717, 1.165) is 11.3 Å². The highest BCUT2D eigenvalue weighted by molar-refractivity contribution is 6.34. The van der Waals surface area contributed by atoms with E-state index in [0.29, 0.717) is 15.7 Å². The van der Waals surface area contributed by atoms with E-state index in [9.17, 15) is 5.11 Å². The Kier molecular flexibility index (Phi) is 3.90. The van der Waals surface area contributed by atoms with Crippen molar-refractivity contribution in [3.05, 3.63) is 57.3 Å². The van der Waals surface area contributed by atoms with Crippen LogP contribution < -0.4 is 0 Å². The van der Waals surface area contributed by atoms with Crippen LogP contribution in [0.15, 0.2) is 30.3 Å². The van der Waals surface area contributed by atoms with Crippen LogP contribution in [0.5, 0.6) is 5.75 Å². The number of nitrogens with zero attached hydrogens (tertiary/aromatic N) is 1. The van der Waals surface area contributed by atoms with E-state index in [1.807, 2.05) is 24.3 Å². The average Bonchev–Trinajstić information content (AvgIpc) is 2.29. The van der Waals surface area contributed by atoms with Gasteiger partial charge in [0, 0.05) is 10.0 Å². The normalized spacial score (nSPS) is 11.1. The Morgan fingerprint density at radius 3 is 2.33 bits per heavy atom. The van der Waals surface area contributed by atoms with Crippen LogP contribution in [0.1, 0.15) is 17.0 Å². The molecule has 0 bridgehead atoms.